The highest BCUT2D eigenvalue weighted by Gasteiger charge is 2.31. The number of hydrogen-bond donors (Lipinski definition) is 2. The summed E-state index contributed by atoms with van der Waals surface area (Å²) in [5.41, 5.74) is 4.23. The van der Waals surface area contributed by atoms with E-state index in [0.29, 0.717) is 13.1 Å². The highest BCUT2D eigenvalue weighted by molar-refractivity contribution is 5.91. The zero-order chi connectivity index (χ0) is 25.5. The fourth-order valence-corrected chi connectivity index (χ4v) is 4.38. The molecule has 0 saturated heterocycles. The molecule has 0 heterocycles. The lowest BCUT2D eigenvalue weighted by Crippen LogP contribution is -2.51. The number of carboxylic acid groups (broad SMARTS) is 1. The minimum atomic E-state index is -1.36. The molecule has 1 aliphatic rings. The molecule has 0 bridgehead atoms. The Morgan fingerprint density at radius 3 is 2.03 bits per heavy atom. The summed E-state index contributed by atoms with van der Waals surface area (Å²) in [6.07, 6.45) is -1.53. The van der Waals surface area contributed by atoms with Crippen LogP contribution in [0.1, 0.15) is 37.3 Å². The fourth-order valence-electron chi connectivity index (χ4n) is 4.38. The number of nitrogens with one attached hydrogen (secondary N) is 1. The standard InChI is InChI=1S/C26H31N3O6/c1-4-29(5-2)23(30)15-28(3)25(33)22(14-24(31)32)27-26(34)35-16-21-19-12-8-6-10-17(19)18-11-7-9-13-20(18)21/h6-13,21-22H,4-5,14-16H2,1-3H3,(H,27,34)(H,31,32). The average Bonchev–Trinajstić information content (AvgIpc) is 3.16. The van der Waals surface area contributed by atoms with Gasteiger partial charge in [-0.3, -0.25) is 14.4 Å². The van der Waals surface area contributed by atoms with Crippen molar-refractivity contribution in [1.29, 1.82) is 0 Å². The smallest absolute Gasteiger partial charge is 0.407 e. The molecular formula is C26H31N3O6. The van der Waals surface area contributed by atoms with E-state index in [0.717, 1.165) is 27.2 Å². The van der Waals surface area contributed by atoms with Crippen LogP contribution in [0, 0.1) is 0 Å². The molecule has 2 N–H and O–H groups in total. The number of fused-ring (bicyclic) bond motifs is 3. The van der Waals surface area contributed by atoms with Crippen LogP contribution in [0.15, 0.2) is 48.5 Å². The van der Waals surface area contributed by atoms with Crippen LogP contribution >= 0.6 is 0 Å². The first-order chi connectivity index (χ1) is 16.8. The number of nitrogens with zero attached hydrogens (tertiary/aromatic N) is 2. The Bertz CT molecular complexity index is 1050. The number of carbonyl (C=O) groups is 4. The number of carboxylic acids is 1. The van der Waals surface area contributed by atoms with Gasteiger partial charge < -0.3 is 25.0 Å². The van der Waals surface area contributed by atoms with Crippen molar-refractivity contribution in [3.8, 4) is 11.1 Å². The molecule has 1 unspecified atom stereocenters. The topological polar surface area (TPSA) is 116 Å². The van der Waals surface area contributed by atoms with Crippen LogP contribution in [-0.4, -0.2) is 78.1 Å². The normalized spacial score (nSPS) is 12.8. The van der Waals surface area contributed by atoms with Crippen LogP contribution in [0.4, 0.5) is 4.79 Å². The molecular weight excluding hydrogens is 450 g/mol. The summed E-state index contributed by atoms with van der Waals surface area (Å²) >= 11 is 0. The summed E-state index contributed by atoms with van der Waals surface area (Å²) in [4.78, 5) is 51.8. The average molecular weight is 482 g/mol. The second-order valence-electron chi connectivity index (χ2n) is 8.38. The van der Waals surface area contributed by atoms with E-state index >= 15 is 0 Å². The predicted molar refractivity (Wildman–Crippen MR) is 130 cm³/mol. The SMILES string of the molecule is CCN(CC)C(=O)CN(C)C(=O)C(CC(=O)O)NC(=O)OCC1c2ccccc2-c2ccccc21. The van der Waals surface area contributed by atoms with E-state index in [-0.39, 0.29) is 25.0 Å². The molecule has 0 spiro atoms. The largest absolute Gasteiger partial charge is 0.481 e. The highest BCUT2D eigenvalue weighted by Crippen LogP contribution is 2.44. The molecule has 2 aromatic rings. The zero-order valence-corrected chi connectivity index (χ0v) is 20.2. The van der Waals surface area contributed by atoms with Crippen molar-refractivity contribution in [3.05, 3.63) is 59.7 Å². The molecule has 1 aliphatic carbocycles. The Morgan fingerprint density at radius 2 is 1.51 bits per heavy atom. The first-order valence-electron chi connectivity index (χ1n) is 11.6. The molecule has 9 nitrogen and oxygen atoms in total. The summed E-state index contributed by atoms with van der Waals surface area (Å²) in [5.74, 6) is -2.37. The number of carbonyl (C=O) groups excluding carboxylic acids is 3. The Kier molecular flexibility index (Phi) is 8.46. The molecule has 35 heavy (non-hydrogen) atoms. The van der Waals surface area contributed by atoms with Crippen molar-refractivity contribution in [2.75, 3.05) is 33.3 Å². The fraction of sp³-hybridized carbons (Fsp3) is 0.385. The monoisotopic (exact) mass is 481 g/mol. The summed E-state index contributed by atoms with van der Waals surface area (Å²) in [7, 11) is 1.40. The van der Waals surface area contributed by atoms with E-state index in [1.54, 1.807) is 4.90 Å². The summed E-state index contributed by atoms with van der Waals surface area (Å²) in [5, 5.41) is 11.6. The molecule has 3 rings (SSSR count). The zero-order valence-electron chi connectivity index (χ0n) is 20.2. The number of aliphatic carboxylic acids is 1. The minimum Gasteiger partial charge on any atom is -0.481 e. The van der Waals surface area contributed by atoms with Gasteiger partial charge in [-0.15, -0.1) is 0 Å². The third kappa shape index (κ3) is 5.98. The van der Waals surface area contributed by atoms with Gasteiger partial charge >= 0.3 is 12.1 Å². The summed E-state index contributed by atoms with van der Waals surface area (Å²) < 4.78 is 5.45. The van der Waals surface area contributed by atoms with Crippen molar-refractivity contribution in [2.45, 2.75) is 32.2 Å². The number of alkyl carbamates (subject to hydrolysis) is 1. The van der Waals surface area contributed by atoms with E-state index in [9.17, 15) is 24.3 Å². The molecule has 186 valence electrons. The van der Waals surface area contributed by atoms with Crippen LogP contribution in [0.25, 0.3) is 11.1 Å². The van der Waals surface area contributed by atoms with Crippen molar-refractivity contribution >= 4 is 23.9 Å². The van der Waals surface area contributed by atoms with Crippen molar-refractivity contribution in [1.82, 2.24) is 15.1 Å². The lowest BCUT2D eigenvalue weighted by molar-refractivity contribution is -0.144. The van der Waals surface area contributed by atoms with E-state index in [1.807, 2.05) is 62.4 Å². The van der Waals surface area contributed by atoms with Gasteiger partial charge in [-0.1, -0.05) is 48.5 Å². The van der Waals surface area contributed by atoms with Crippen LogP contribution in [0.2, 0.25) is 0 Å². The maximum atomic E-state index is 12.9. The van der Waals surface area contributed by atoms with Crippen LogP contribution in [0.5, 0.6) is 0 Å². The van der Waals surface area contributed by atoms with Gasteiger partial charge in [0.2, 0.25) is 11.8 Å². The molecule has 0 aromatic heterocycles. The first-order valence-corrected chi connectivity index (χ1v) is 11.6. The molecule has 9 heteroatoms. The number of amides is 3. The lowest BCUT2D eigenvalue weighted by Gasteiger charge is -2.26. The van der Waals surface area contributed by atoms with Gasteiger partial charge in [0.1, 0.15) is 12.6 Å². The second-order valence-corrected chi connectivity index (χ2v) is 8.38. The molecule has 1 atom stereocenters. The van der Waals surface area contributed by atoms with Gasteiger partial charge in [-0.25, -0.2) is 4.79 Å². The Labute approximate surface area is 204 Å². The Morgan fingerprint density at radius 1 is 0.971 bits per heavy atom. The van der Waals surface area contributed by atoms with Gasteiger partial charge in [-0.2, -0.15) is 0 Å². The van der Waals surface area contributed by atoms with Gasteiger partial charge in [0.15, 0.2) is 0 Å². The van der Waals surface area contributed by atoms with Crippen molar-refractivity contribution in [2.24, 2.45) is 0 Å². The predicted octanol–water partition coefficient (Wildman–Crippen LogP) is 2.70. The van der Waals surface area contributed by atoms with E-state index in [4.69, 9.17) is 4.74 Å². The van der Waals surface area contributed by atoms with E-state index in [2.05, 4.69) is 5.32 Å². The molecule has 3 amide bonds. The number of benzene rings is 2. The second kappa shape index (κ2) is 11.5. The van der Waals surface area contributed by atoms with Crippen molar-refractivity contribution < 1.29 is 29.0 Å². The Balaban J connectivity index is 1.65. The minimum absolute atomic E-state index is 0.0319. The number of rotatable bonds is 10. The summed E-state index contributed by atoms with van der Waals surface area (Å²) in [6, 6.07) is 14.4. The lowest BCUT2D eigenvalue weighted by atomic mass is 9.98. The molecule has 2 aromatic carbocycles. The number of ether oxygens (including phenoxy) is 1. The molecule has 0 radical (unpaired) electrons. The first kappa shape index (κ1) is 25.7. The van der Waals surface area contributed by atoms with E-state index in [1.165, 1.54) is 7.05 Å². The maximum absolute atomic E-state index is 12.9. The molecule has 0 fully saturated rings. The van der Waals surface area contributed by atoms with Crippen LogP contribution in [-0.2, 0) is 19.1 Å². The molecule has 0 saturated carbocycles. The maximum Gasteiger partial charge on any atom is 0.407 e. The van der Waals surface area contributed by atoms with Crippen LogP contribution < -0.4 is 5.32 Å². The number of hydrogen-bond acceptors (Lipinski definition) is 5. The third-order valence-corrected chi connectivity index (χ3v) is 6.18. The quantitative estimate of drug-likeness (QED) is 0.539. The summed E-state index contributed by atoms with van der Waals surface area (Å²) in [6.45, 7) is 4.46. The third-order valence-electron chi connectivity index (χ3n) is 6.18. The van der Waals surface area contributed by atoms with Gasteiger partial charge in [0.25, 0.3) is 0 Å². The van der Waals surface area contributed by atoms with Gasteiger partial charge in [0.05, 0.1) is 13.0 Å². The van der Waals surface area contributed by atoms with Crippen molar-refractivity contribution in [3.63, 3.8) is 0 Å². The van der Waals surface area contributed by atoms with Gasteiger partial charge in [0, 0.05) is 26.1 Å². The van der Waals surface area contributed by atoms with E-state index < -0.39 is 30.4 Å². The van der Waals surface area contributed by atoms with Gasteiger partial charge in [-0.05, 0) is 36.1 Å². The van der Waals surface area contributed by atoms with Crippen LogP contribution in [0.3, 0.4) is 0 Å². The Hall–Kier alpha value is -3.88. The highest BCUT2D eigenvalue weighted by atomic mass is 16.5. The molecule has 0 aliphatic heterocycles. The number of likely N-dealkylation sites (N-methyl/N-ethyl adjacent to an activating group) is 2.